The average molecular weight is 274 g/mol. The summed E-state index contributed by atoms with van der Waals surface area (Å²) in [7, 11) is 0. The van der Waals surface area contributed by atoms with E-state index in [9.17, 15) is 4.79 Å². The highest BCUT2D eigenvalue weighted by Gasteiger charge is 2.26. The summed E-state index contributed by atoms with van der Waals surface area (Å²) in [5.74, 6) is 0.890. The molecule has 0 radical (unpaired) electrons. The molecule has 0 atom stereocenters. The molecule has 2 heterocycles. The number of Topliss-reactive ketones (excluding diaryl/α,β-unsaturated/α-hetero) is 1. The lowest BCUT2D eigenvalue weighted by Gasteiger charge is -2.26. The lowest BCUT2D eigenvalue weighted by atomic mass is 9.82. The van der Waals surface area contributed by atoms with Gasteiger partial charge in [0, 0.05) is 30.5 Å². The Kier molecular flexibility index (Phi) is 4.55. The lowest BCUT2D eigenvalue weighted by Crippen LogP contribution is -2.25. The largest absolute Gasteiger partial charge is 0.377 e. The van der Waals surface area contributed by atoms with Crippen molar-refractivity contribution in [1.29, 1.82) is 0 Å². The van der Waals surface area contributed by atoms with Gasteiger partial charge in [-0.25, -0.2) is 4.98 Å². The number of hydrogen-bond acceptors (Lipinski definition) is 4. The fraction of sp³-hybridized carbons (Fsp3) is 0.500. The third-order valence-electron chi connectivity index (χ3n) is 3.46. The van der Waals surface area contributed by atoms with Crippen LogP contribution in [0.3, 0.4) is 0 Å². The predicted molar refractivity (Wildman–Crippen MR) is 79.5 cm³/mol. The Morgan fingerprint density at radius 2 is 2.20 bits per heavy atom. The van der Waals surface area contributed by atoms with E-state index in [0.29, 0.717) is 25.2 Å². The number of anilines is 1. The van der Waals surface area contributed by atoms with E-state index >= 15 is 0 Å². The Labute approximate surface area is 120 Å². The van der Waals surface area contributed by atoms with E-state index in [4.69, 9.17) is 4.74 Å². The maximum absolute atomic E-state index is 12.3. The molecule has 0 spiro atoms. The van der Waals surface area contributed by atoms with Gasteiger partial charge in [0.25, 0.3) is 0 Å². The number of carbonyl (C=O) groups is 1. The quantitative estimate of drug-likeness (QED) is 0.842. The van der Waals surface area contributed by atoms with Crippen LogP contribution in [-0.4, -0.2) is 24.0 Å². The van der Waals surface area contributed by atoms with Crippen LogP contribution in [0.15, 0.2) is 30.0 Å². The minimum absolute atomic E-state index is 0.00181. The normalized spacial score (nSPS) is 21.4. The summed E-state index contributed by atoms with van der Waals surface area (Å²) in [6, 6.07) is 5.75. The number of carbonyl (C=O) groups excluding carboxylic acids is 1. The van der Waals surface area contributed by atoms with Crippen LogP contribution in [0.4, 0.5) is 5.82 Å². The Hall–Kier alpha value is -1.68. The van der Waals surface area contributed by atoms with Crippen molar-refractivity contribution in [3.05, 3.63) is 35.7 Å². The molecule has 1 N–H and O–H groups in total. The van der Waals surface area contributed by atoms with E-state index in [2.05, 4.69) is 24.1 Å². The third-order valence-corrected chi connectivity index (χ3v) is 3.46. The molecule has 4 heteroatoms. The van der Waals surface area contributed by atoms with Crippen LogP contribution >= 0.6 is 0 Å². The summed E-state index contributed by atoms with van der Waals surface area (Å²) in [5.41, 5.74) is 1.62. The second kappa shape index (κ2) is 6.18. The Balaban J connectivity index is 2.09. The number of nitrogens with zero attached hydrogens (tertiary/aromatic N) is 1. The van der Waals surface area contributed by atoms with Crippen molar-refractivity contribution in [2.45, 2.75) is 33.6 Å². The van der Waals surface area contributed by atoms with Gasteiger partial charge in [-0.1, -0.05) is 19.9 Å². The highest BCUT2D eigenvalue weighted by Crippen LogP contribution is 2.28. The van der Waals surface area contributed by atoms with Gasteiger partial charge in [-0.05, 0) is 30.9 Å². The van der Waals surface area contributed by atoms with Crippen LogP contribution in [0.25, 0.3) is 0 Å². The van der Waals surface area contributed by atoms with Gasteiger partial charge in [-0.2, -0.15) is 0 Å². The molecule has 1 aliphatic heterocycles. The van der Waals surface area contributed by atoms with Crippen molar-refractivity contribution in [2.24, 2.45) is 5.41 Å². The summed E-state index contributed by atoms with van der Waals surface area (Å²) < 4.78 is 5.56. The van der Waals surface area contributed by atoms with Crippen LogP contribution in [0.2, 0.25) is 0 Å². The van der Waals surface area contributed by atoms with Gasteiger partial charge in [0.15, 0.2) is 5.78 Å². The fourth-order valence-electron chi connectivity index (χ4n) is 2.15. The van der Waals surface area contributed by atoms with Gasteiger partial charge in [-0.15, -0.1) is 0 Å². The van der Waals surface area contributed by atoms with Crippen molar-refractivity contribution in [3.8, 4) is 0 Å². The van der Waals surface area contributed by atoms with E-state index in [-0.39, 0.29) is 11.2 Å². The number of pyridine rings is 1. The van der Waals surface area contributed by atoms with E-state index in [0.717, 1.165) is 17.9 Å². The maximum atomic E-state index is 12.3. The molecular weight excluding hydrogens is 252 g/mol. The first kappa shape index (κ1) is 14.7. The molecule has 0 amide bonds. The maximum Gasteiger partial charge on any atom is 0.163 e. The zero-order valence-corrected chi connectivity index (χ0v) is 12.4. The van der Waals surface area contributed by atoms with Crippen molar-refractivity contribution in [1.82, 2.24) is 4.98 Å². The van der Waals surface area contributed by atoms with Crippen molar-refractivity contribution >= 4 is 11.6 Å². The number of aromatic nitrogens is 1. The molecule has 1 aromatic rings. The zero-order chi connectivity index (χ0) is 14.6. The second-order valence-corrected chi connectivity index (χ2v) is 6.04. The molecule has 1 saturated heterocycles. The SMILES string of the molecule is Cc1cccc(N/C=C2\COCCC(C)(C)CC2=O)n1. The number of hydrogen-bond donors (Lipinski definition) is 1. The molecule has 0 aliphatic carbocycles. The fourth-order valence-corrected chi connectivity index (χ4v) is 2.15. The Bertz CT molecular complexity index is 521. The second-order valence-electron chi connectivity index (χ2n) is 6.04. The molecule has 1 aliphatic rings. The Morgan fingerprint density at radius 1 is 1.40 bits per heavy atom. The molecule has 1 aromatic heterocycles. The number of rotatable bonds is 2. The standard InChI is InChI=1S/C16H22N2O2/c1-12-5-4-6-15(18-12)17-10-13-11-20-8-7-16(2,3)9-14(13)19/h4-6,10H,7-9,11H2,1-3H3,(H,17,18)/b13-10+. The van der Waals surface area contributed by atoms with Crippen LogP contribution < -0.4 is 5.32 Å². The number of nitrogens with one attached hydrogen (secondary N) is 1. The number of ether oxygens (including phenoxy) is 1. The monoisotopic (exact) mass is 274 g/mol. The lowest BCUT2D eigenvalue weighted by molar-refractivity contribution is -0.119. The first-order valence-electron chi connectivity index (χ1n) is 6.96. The Morgan fingerprint density at radius 3 is 2.95 bits per heavy atom. The first-order chi connectivity index (χ1) is 9.46. The van der Waals surface area contributed by atoms with E-state index in [1.54, 1.807) is 6.20 Å². The van der Waals surface area contributed by atoms with Gasteiger partial charge >= 0.3 is 0 Å². The van der Waals surface area contributed by atoms with Crippen molar-refractivity contribution in [2.75, 3.05) is 18.5 Å². The summed E-state index contributed by atoms with van der Waals surface area (Å²) in [6.45, 7) is 7.21. The summed E-state index contributed by atoms with van der Waals surface area (Å²) in [5, 5.41) is 3.09. The van der Waals surface area contributed by atoms with Crippen LogP contribution in [-0.2, 0) is 9.53 Å². The van der Waals surface area contributed by atoms with Crippen molar-refractivity contribution < 1.29 is 9.53 Å². The molecule has 2 rings (SSSR count). The molecule has 1 fully saturated rings. The molecule has 0 aromatic carbocycles. The van der Waals surface area contributed by atoms with E-state index in [1.165, 1.54) is 0 Å². The highest BCUT2D eigenvalue weighted by molar-refractivity contribution is 5.96. The van der Waals surface area contributed by atoms with Crippen LogP contribution in [0.1, 0.15) is 32.4 Å². The highest BCUT2D eigenvalue weighted by atomic mass is 16.5. The first-order valence-corrected chi connectivity index (χ1v) is 6.96. The topological polar surface area (TPSA) is 51.2 Å². The molecule has 108 valence electrons. The molecule has 4 nitrogen and oxygen atoms in total. The minimum Gasteiger partial charge on any atom is -0.377 e. The van der Waals surface area contributed by atoms with Gasteiger partial charge in [-0.3, -0.25) is 4.79 Å². The summed E-state index contributed by atoms with van der Waals surface area (Å²) in [4.78, 5) is 16.6. The van der Waals surface area contributed by atoms with Gasteiger partial charge in [0.05, 0.1) is 6.61 Å². The van der Waals surface area contributed by atoms with Crippen LogP contribution in [0.5, 0.6) is 0 Å². The summed E-state index contributed by atoms with van der Waals surface area (Å²) in [6.07, 6.45) is 3.20. The van der Waals surface area contributed by atoms with Gasteiger partial charge in [0.1, 0.15) is 5.82 Å². The summed E-state index contributed by atoms with van der Waals surface area (Å²) >= 11 is 0. The molecule has 20 heavy (non-hydrogen) atoms. The van der Waals surface area contributed by atoms with Crippen molar-refractivity contribution in [3.63, 3.8) is 0 Å². The van der Waals surface area contributed by atoms with Gasteiger partial charge < -0.3 is 10.1 Å². The van der Waals surface area contributed by atoms with Crippen LogP contribution in [0, 0.1) is 12.3 Å². The molecule has 0 unspecified atom stereocenters. The molecule has 0 bridgehead atoms. The zero-order valence-electron chi connectivity index (χ0n) is 12.4. The predicted octanol–water partition coefficient (Wildman–Crippen LogP) is 3.09. The van der Waals surface area contributed by atoms with E-state index in [1.807, 2.05) is 25.1 Å². The molecular formula is C16H22N2O2. The number of ketones is 1. The molecule has 0 saturated carbocycles. The van der Waals surface area contributed by atoms with Gasteiger partial charge in [0.2, 0.25) is 0 Å². The third kappa shape index (κ3) is 4.17. The minimum atomic E-state index is -0.00181. The average Bonchev–Trinajstić information content (AvgIpc) is 2.35. The number of aryl methyl sites for hydroxylation is 1. The van der Waals surface area contributed by atoms with E-state index < -0.39 is 0 Å². The smallest absolute Gasteiger partial charge is 0.163 e.